The zero-order valence-corrected chi connectivity index (χ0v) is 15.0. The van der Waals surface area contributed by atoms with Crippen LogP contribution >= 0.6 is 0 Å². The first kappa shape index (κ1) is 18.1. The molecule has 0 saturated carbocycles. The number of aliphatic hydroxyl groups excluding tert-OH is 1. The van der Waals surface area contributed by atoms with Gasteiger partial charge in [0.1, 0.15) is 0 Å². The molecule has 0 fully saturated rings. The molecule has 26 heavy (non-hydrogen) atoms. The van der Waals surface area contributed by atoms with E-state index in [4.69, 9.17) is 9.47 Å². The monoisotopic (exact) mass is 357 g/mol. The Morgan fingerprint density at radius 3 is 2.35 bits per heavy atom. The number of ether oxygens (including phenoxy) is 2. The van der Waals surface area contributed by atoms with E-state index in [1.807, 2.05) is 37.3 Å². The highest BCUT2D eigenvalue weighted by Crippen LogP contribution is 2.48. The first-order chi connectivity index (χ1) is 12.5. The Morgan fingerprint density at radius 1 is 1.15 bits per heavy atom. The molecule has 3 rings (SSSR count). The van der Waals surface area contributed by atoms with Gasteiger partial charge in [-0.15, -0.1) is 0 Å². The Kier molecular flexibility index (Phi) is 5.04. The quantitative estimate of drug-likeness (QED) is 0.870. The number of anilines is 1. The SMILES string of the molecule is COc1cc2c(cc1OC)N(C(=O)O)C(C)CC2C(O)c1ccccc1. The molecule has 1 aliphatic rings. The lowest BCUT2D eigenvalue weighted by molar-refractivity contribution is 0.132. The summed E-state index contributed by atoms with van der Waals surface area (Å²) < 4.78 is 10.7. The molecule has 0 aliphatic carbocycles. The average molecular weight is 357 g/mol. The minimum absolute atomic E-state index is 0.252. The summed E-state index contributed by atoms with van der Waals surface area (Å²) in [6.45, 7) is 1.85. The van der Waals surface area contributed by atoms with Gasteiger partial charge in [0, 0.05) is 18.0 Å². The van der Waals surface area contributed by atoms with Crippen molar-refractivity contribution in [3.8, 4) is 11.5 Å². The molecular formula is C20H23NO5. The first-order valence-corrected chi connectivity index (χ1v) is 8.49. The summed E-state index contributed by atoms with van der Waals surface area (Å²) in [4.78, 5) is 13.1. The van der Waals surface area contributed by atoms with E-state index in [-0.39, 0.29) is 12.0 Å². The minimum atomic E-state index is -1.03. The van der Waals surface area contributed by atoms with Gasteiger partial charge in [0.05, 0.1) is 26.0 Å². The highest BCUT2D eigenvalue weighted by atomic mass is 16.5. The van der Waals surface area contributed by atoms with Crippen LogP contribution in [0.1, 0.15) is 36.5 Å². The van der Waals surface area contributed by atoms with Crippen molar-refractivity contribution in [1.82, 2.24) is 0 Å². The fourth-order valence-corrected chi connectivity index (χ4v) is 3.70. The average Bonchev–Trinajstić information content (AvgIpc) is 2.65. The maximum absolute atomic E-state index is 11.8. The van der Waals surface area contributed by atoms with Gasteiger partial charge in [-0.2, -0.15) is 0 Å². The molecule has 0 saturated heterocycles. The number of benzene rings is 2. The number of methoxy groups -OCH3 is 2. The van der Waals surface area contributed by atoms with Gasteiger partial charge < -0.3 is 19.7 Å². The van der Waals surface area contributed by atoms with Crippen LogP contribution in [0.25, 0.3) is 0 Å². The molecule has 0 spiro atoms. The molecule has 0 aromatic heterocycles. The van der Waals surface area contributed by atoms with Gasteiger partial charge >= 0.3 is 6.09 Å². The zero-order valence-electron chi connectivity index (χ0n) is 15.0. The molecule has 6 nitrogen and oxygen atoms in total. The van der Waals surface area contributed by atoms with Crippen LogP contribution in [-0.2, 0) is 0 Å². The molecule has 1 aliphatic heterocycles. The highest BCUT2D eigenvalue weighted by Gasteiger charge is 2.38. The second-order valence-corrected chi connectivity index (χ2v) is 6.47. The van der Waals surface area contributed by atoms with E-state index in [0.29, 0.717) is 23.6 Å². The number of carboxylic acid groups (broad SMARTS) is 1. The molecule has 1 heterocycles. The number of carbonyl (C=O) groups is 1. The van der Waals surface area contributed by atoms with Crippen molar-refractivity contribution in [1.29, 1.82) is 0 Å². The summed E-state index contributed by atoms with van der Waals surface area (Å²) >= 11 is 0. The van der Waals surface area contributed by atoms with Gasteiger partial charge in [-0.05, 0) is 30.5 Å². The van der Waals surface area contributed by atoms with E-state index < -0.39 is 12.2 Å². The summed E-state index contributed by atoms with van der Waals surface area (Å²) in [5, 5.41) is 20.7. The Labute approximate surface area is 152 Å². The van der Waals surface area contributed by atoms with Crippen molar-refractivity contribution in [2.24, 2.45) is 0 Å². The maximum Gasteiger partial charge on any atom is 0.412 e. The van der Waals surface area contributed by atoms with Gasteiger partial charge in [0.2, 0.25) is 0 Å². The molecule has 3 atom stereocenters. The van der Waals surface area contributed by atoms with Crippen molar-refractivity contribution in [3.05, 3.63) is 53.6 Å². The van der Waals surface area contributed by atoms with Crippen LogP contribution in [0.4, 0.5) is 10.5 Å². The van der Waals surface area contributed by atoms with Crippen molar-refractivity contribution >= 4 is 11.8 Å². The third kappa shape index (κ3) is 3.08. The summed E-state index contributed by atoms with van der Waals surface area (Å²) in [6.07, 6.45) is -1.27. The van der Waals surface area contributed by atoms with E-state index in [1.54, 1.807) is 12.1 Å². The summed E-state index contributed by atoms with van der Waals surface area (Å²) in [5.74, 6) is 0.716. The normalized spacial score (nSPS) is 20.2. The van der Waals surface area contributed by atoms with E-state index in [0.717, 1.165) is 11.1 Å². The molecule has 0 radical (unpaired) electrons. The third-order valence-corrected chi connectivity index (χ3v) is 4.96. The summed E-state index contributed by atoms with van der Waals surface area (Å²) in [5.41, 5.74) is 2.06. The zero-order chi connectivity index (χ0) is 18.8. The smallest absolute Gasteiger partial charge is 0.412 e. The molecule has 2 aromatic rings. The second-order valence-electron chi connectivity index (χ2n) is 6.47. The van der Waals surface area contributed by atoms with Crippen LogP contribution in [0.15, 0.2) is 42.5 Å². The Morgan fingerprint density at radius 2 is 1.77 bits per heavy atom. The van der Waals surface area contributed by atoms with Crippen LogP contribution < -0.4 is 14.4 Å². The molecule has 2 aromatic carbocycles. The third-order valence-electron chi connectivity index (χ3n) is 4.96. The Hall–Kier alpha value is -2.73. The molecular weight excluding hydrogens is 334 g/mol. The van der Waals surface area contributed by atoms with E-state index in [2.05, 4.69) is 0 Å². The van der Waals surface area contributed by atoms with Crippen LogP contribution in [0.2, 0.25) is 0 Å². The lowest BCUT2D eigenvalue weighted by Crippen LogP contribution is -2.43. The van der Waals surface area contributed by atoms with Gasteiger partial charge in [-0.3, -0.25) is 4.90 Å². The highest BCUT2D eigenvalue weighted by molar-refractivity contribution is 5.89. The maximum atomic E-state index is 11.8. The predicted octanol–water partition coefficient (Wildman–Crippen LogP) is 3.80. The number of hydrogen-bond donors (Lipinski definition) is 2. The molecule has 2 N–H and O–H groups in total. The van der Waals surface area contributed by atoms with Crippen molar-refractivity contribution in [2.75, 3.05) is 19.1 Å². The minimum Gasteiger partial charge on any atom is -0.493 e. The fraction of sp³-hybridized carbons (Fsp3) is 0.350. The van der Waals surface area contributed by atoms with Gasteiger partial charge in [0.25, 0.3) is 0 Å². The topological polar surface area (TPSA) is 79.2 Å². The molecule has 3 unspecified atom stereocenters. The Balaban J connectivity index is 2.14. The number of nitrogens with zero attached hydrogens (tertiary/aromatic N) is 1. The van der Waals surface area contributed by atoms with Gasteiger partial charge in [0.15, 0.2) is 11.5 Å². The molecule has 138 valence electrons. The van der Waals surface area contributed by atoms with Crippen LogP contribution in [0.3, 0.4) is 0 Å². The standard InChI is InChI=1S/C20H23NO5/c1-12-9-15(19(22)13-7-5-4-6-8-13)14-10-17(25-2)18(26-3)11-16(14)21(12)20(23)24/h4-8,10-12,15,19,22H,9H2,1-3H3,(H,23,24). The molecule has 6 heteroatoms. The van der Waals surface area contributed by atoms with Gasteiger partial charge in [-0.1, -0.05) is 30.3 Å². The number of hydrogen-bond acceptors (Lipinski definition) is 4. The van der Waals surface area contributed by atoms with Gasteiger partial charge in [-0.25, -0.2) is 4.79 Å². The van der Waals surface area contributed by atoms with Crippen LogP contribution in [-0.4, -0.2) is 36.6 Å². The number of rotatable bonds is 4. The lowest BCUT2D eigenvalue weighted by atomic mass is 9.80. The largest absolute Gasteiger partial charge is 0.493 e. The summed E-state index contributed by atoms with van der Waals surface area (Å²) in [7, 11) is 3.05. The van der Waals surface area contributed by atoms with E-state index in [9.17, 15) is 15.0 Å². The second kappa shape index (κ2) is 7.25. The lowest BCUT2D eigenvalue weighted by Gasteiger charge is -2.40. The van der Waals surface area contributed by atoms with Crippen molar-refractivity contribution in [2.45, 2.75) is 31.4 Å². The predicted molar refractivity (Wildman–Crippen MR) is 98.3 cm³/mol. The van der Waals surface area contributed by atoms with E-state index >= 15 is 0 Å². The summed E-state index contributed by atoms with van der Waals surface area (Å²) in [6, 6.07) is 12.6. The fourth-order valence-electron chi connectivity index (χ4n) is 3.70. The van der Waals surface area contributed by atoms with Crippen LogP contribution in [0, 0.1) is 0 Å². The number of aliphatic hydroxyl groups is 1. The van der Waals surface area contributed by atoms with Crippen molar-refractivity contribution in [3.63, 3.8) is 0 Å². The number of fused-ring (bicyclic) bond motifs is 1. The van der Waals surface area contributed by atoms with Crippen molar-refractivity contribution < 1.29 is 24.5 Å². The number of amides is 1. The molecule has 1 amide bonds. The molecule has 0 bridgehead atoms. The Bertz CT molecular complexity index is 792. The van der Waals surface area contributed by atoms with Crippen LogP contribution in [0.5, 0.6) is 11.5 Å². The first-order valence-electron chi connectivity index (χ1n) is 8.49. The van der Waals surface area contributed by atoms with E-state index in [1.165, 1.54) is 19.1 Å².